The first-order valence-electron chi connectivity index (χ1n) is 7.79. The van der Waals surface area contributed by atoms with Gasteiger partial charge in [0.2, 0.25) is 0 Å². The molecule has 2 atom stereocenters. The minimum atomic E-state index is 0.615. The monoisotopic (exact) mass is 284 g/mol. The average Bonchev–Trinajstić information content (AvgIpc) is 3.05. The number of aromatic nitrogens is 1. The van der Waals surface area contributed by atoms with Crippen LogP contribution in [0.15, 0.2) is 41.5 Å². The molecular weight excluding hydrogens is 260 g/mol. The van der Waals surface area contributed by atoms with Crippen LogP contribution in [-0.4, -0.2) is 30.2 Å². The van der Waals surface area contributed by atoms with Crippen molar-refractivity contribution in [3.8, 4) is 0 Å². The Morgan fingerprint density at radius 3 is 2.90 bits per heavy atom. The molecule has 1 fully saturated rings. The summed E-state index contributed by atoms with van der Waals surface area (Å²) in [5, 5.41) is 8.15. The fraction of sp³-hybridized carbons (Fsp3) is 0.471. The summed E-state index contributed by atoms with van der Waals surface area (Å²) in [4.78, 5) is 4.27. The predicted molar refractivity (Wildman–Crippen MR) is 88.6 cm³/mol. The van der Waals surface area contributed by atoms with Crippen LogP contribution in [0.25, 0.3) is 10.9 Å². The number of fused-ring (bicyclic) bond motifs is 1. The zero-order valence-corrected chi connectivity index (χ0v) is 12.8. The number of guanidine groups is 1. The Morgan fingerprint density at radius 1 is 1.33 bits per heavy atom. The molecule has 4 heteroatoms. The van der Waals surface area contributed by atoms with E-state index in [2.05, 4.69) is 63.6 Å². The zero-order chi connectivity index (χ0) is 14.7. The molecule has 0 bridgehead atoms. The maximum Gasteiger partial charge on any atom is 0.191 e. The maximum absolute atomic E-state index is 4.27. The number of nitrogens with zero attached hydrogens (tertiary/aromatic N) is 2. The van der Waals surface area contributed by atoms with Gasteiger partial charge in [0.05, 0.1) is 0 Å². The first kappa shape index (κ1) is 14.0. The molecule has 1 saturated carbocycles. The first-order chi connectivity index (χ1) is 10.3. The Hall–Kier alpha value is -1.97. The highest BCUT2D eigenvalue weighted by Crippen LogP contribution is 2.28. The molecule has 0 radical (unpaired) electrons. The molecule has 2 N–H and O–H groups in total. The topological polar surface area (TPSA) is 41.4 Å². The lowest BCUT2D eigenvalue weighted by atomic mass is 10.2. The lowest BCUT2D eigenvalue weighted by Gasteiger charge is -2.12. The highest BCUT2D eigenvalue weighted by molar-refractivity contribution is 5.80. The van der Waals surface area contributed by atoms with Crippen molar-refractivity contribution in [2.24, 2.45) is 10.9 Å². The second-order valence-electron chi connectivity index (χ2n) is 5.88. The molecule has 0 amide bonds. The fourth-order valence-electron chi connectivity index (χ4n) is 2.69. The van der Waals surface area contributed by atoms with Crippen LogP contribution in [0.3, 0.4) is 0 Å². The summed E-state index contributed by atoms with van der Waals surface area (Å²) in [5.74, 6) is 1.72. The van der Waals surface area contributed by atoms with Gasteiger partial charge in [-0.1, -0.05) is 25.1 Å². The Morgan fingerprint density at radius 2 is 2.14 bits per heavy atom. The van der Waals surface area contributed by atoms with Gasteiger partial charge in [0.25, 0.3) is 0 Å². The van der Waals surface area contributed by atoms with Crippen molar-refractivity contribution < 1.29 is 0 Å². The van der Waals surface area contributed by atoms with Crippen LogP contribution in [0.2, 0.25) is 0 Å². The highest BCUT2D eigenvalue weighted by Gasteiger charge is 2.33. The highest BCUT2D eigenvalue weighted by atomic mass is 15.2. The number of rotatable bonds is 5. The molecule has 1 aromatic carbocycles. The lowest BCUT2D eigenvalue weighted by Crippen LogP contribution is -2.39. The summed E-state index contributed by atoms with van der Waals surface area (Å²) in [5.41, 5.74) is 1.31. The number of benzene rings is 1. The van der Waals surface area contributed by atoms with Crippen LogP contribution in [0.5, 0.6) is 0 Å². The molecule has 4 nitrogen and oxygen atoms in total. The minimum Gasteiger partial charge on any atom is -0.356 e. The summed E-state index contributed by atoms with van der Waals surface area (Å²) < 4.78 is 2.32. The van der Waals surface area contributed by atoms with E-state index in [9.17, 15) is 0 Å². The third-order valence-corrected chi connectivity index (χ3v) is 4.20. The molecule has 0 spiro atoms. The van der Waals surface area contributed by atoms with Gasteiger partial charge in [-0.2, -0.15) is 0 Å². The van der Waals surface area contributed by atoms with Crippen molar-refractivity contribution in [3.63, 3.8) is 0 Å². The zero-order valence-electron chi connectivity index (χ0n) is 12.8. The normalized spacial score (nSPS) is 21.5. The second-order valence-corrected chi connectivity index (χ2v) is 5.88. The van der Waals surface area contributed by atoms with Crippen molar-refractivity contribution in [1.82, 2.24) is 15.2 Å². The van der Waals surface area contributed by atoms with Gasteiger partial charge in [-0.05, 0) is 36.3 Å². The number of aliphatic imine (C=N–C) groups is 1. The smallest absolute Gasteiger partial charge is 0.191 e. The van der Waals surface area contributed by atoms with Crippen LogP contribution in [-0.2, 0) is 6.54 Å². The molecule has 1 aromatic heterocycles. The van der Waals surface area contributed by atoms with Crippen LogP contribution < -0.4 is 10.6 Å². The van der Waals surface area contributed by atoms with E-state index in [4.69, 9.17) is 0 Å². The molecule has 1 aliphatic carbocycles. The third kappa shape index (κ3) is 3.38. The Labute approximate surface area is 126 Å². The standard InChI is InChI=1S/C17H24N4/c1-13-12-15(13)20-17(18-2)19-9-5-10-21-11-8-14-6-3-4-7-16(14)21/h3-4,6-8,11,13,15H,5,9-10,12H2,1-2H3,(H2,18,19,20). The molecule has 112 valence electrons. The van der Waals surface area contributed by atoms with Crippen LogP contribution in [0.4, 0.5) is 0 Å². The van der Waals surface area contributed by atoms with E-state index in [0.29, 0.717) is 6.04 Å². The summed E-state index contributed by atoms with van der Waals surface area (Å²) >= 11 is 0. The minimum absolute atomic E-state index is 0.615. The molecule has 0 saturated heterocycles. The van der Waals surface area contributed by atoms with Crippen LogP contribution in [0.1, 0.15) is 19.8 Å². The Kier molecular flexibility index (Phi) is 4.13. The van der Waals surface area contributed by atoms with Crippen molar-refractivity contribution in [2.75, 3.05) is 13.6 Å². The van der Waals surface area contributed by atoms with E-state index in [1.165, 1.54) is 17.3 Å². The molecule has 0 aliphatic heterocycles. The number of aryl methyl sites for hydroxylation is 1. The molecule has 3 rings (SSSR count). The maximum atomic E-state index is 4.27. The van der Waals surface area contributed by atoms with Crippen molar-refractivity contribution in [2.45, 2.75) is 32.4 Å². The third-order valence-electron chi connectivity index (χ3n) is 4.20. The molecule has 21 heavy (non-hydrogen) atoms. The van der Waals surface area contributed by atoms with E-state index in [-0.39, 0.29) is 0 Å². The van der Waals surface area contributed by atoms with Crippen LogP contribution in [0, 0.1) is 5.92 Å². The largest absolute Gasteiger partial charge is 0.356 e. The van der Waals surface area contributed by atoms with Gasteiger partial charge in [-0.15, -0.1) is 0 Å². The second kappa shape index (κ2) is 6.20. The first-order valence-corrected chi connectivity index (χ1v) is 7.79. The van der Waals surface area contributed by atoms with Crippen molar-refractivity contribution >= 4 is 16.9 Å². The predicted octanol–water partition coefficient (Wildman–Crippen LogP) is 2.60. The van der Waals surface area contributed by atoms with Gasteiger partial charge in [0.15, 0.2) is 5.96 Å². The van der Waals surface area contributed by atoms with Gasteiger partial charge >= 0.3 is 0 Å². The van der Waals surface area contributed by atoms with Gasteiger partial charge in [0.1, 0.15) is 0 Å². The number of hydrogen-bond acceptors (Lipinski definition) is 1. The number of para-hydroxylation sites is 1. The van der Waals surface area contributed by atoms with Crippen LogP contribution >= 0.6 is 0 Å². The lowest BCUT2D eigenvalue weighted by molar-refractivity contribution is 0.638. The summed E-state index contributed by atoms with van der Waals surface area (Å²) in [6, 6.07) is 11.3. The molecule has 2 aromatic rings. The number of nitrogens with one attached hydrogen (secondary N) is 2. The average molecular weight is 284 g/mol. The SMILES string of the molecule is CN=C(NCCCn1ccc2ccccc21)NC1CC1C. The summed E-state index contributed by atoms with van der Waals surface area (Å²) in [6.45, 7) is 4.23. The van der Waals surface area contributed by atoms with E-state index in [0.717, 1.165) is 31.4 Å². The van der Waals surface area contributed by atoms with Gasteiger partial charge in [0, 0.05) is 37.9 Å². The quantitative estimate of drug-likeness (QED) is 0.503. The molecule has 2 unspecified atom stereocenters. The Balaban J connectivity index is 1.45. The van der Waals surface area contributed by atoms with E-state index in [1.807, 2.05) is 7.05 Å². The Bertz CT molecular complexity index is 629. The fourth-order valence-corrected chi connectivity index (χ4v) is 2.69. The molecular formula is C17H24N4. The van der Waals surface area contributed by atoms with Crippen molar-refractivity contribution in [3.05, 3.63) is 36.5 Å². The molecule has 1 aliphatic rings. The van der Waals surface area contributed by atoms with Gasteiger partial charge < -0.3 is 15.2 Å². The van der Waals surface area contributed by atoms with Gasteiger partial charge in [-0.25, -0.2) is 0 Å². The summed E-state index contributed by atoms with van der Waals surface area (Å²) in [7, 11) is 1.84. The van der Waals surface area contributed by atoms with E-state index in [1.54, 1.807) is 0 Å². The van der Waals surface area contributed by atoms with E-state index >= 15 is 0 Å². The summed E-state index contributed by atoms with van der Waals surface area (Å²) in [6.07, 6.45) is 4.51. The molecule has 1 heterocycles. The number of hydrogen-bond donors (Lipinski definition) is 2. The van der Waals surface area contributed by atoms with E-state index < -0.39 is 0 Å². The van der Waals surface area contributed by atoms with Gasteiger partial charge in [-0.3, -0.25) is 4.99 Å². The van der Waals surface area contributed by atoms with Crippen molar-refractivity contribution in [1.29, 1.82) is 0 Å².